The maximum absolute atomic E-state index is 13.0. The van der Waals surface area contributed by atoms with Gasteiger partial charge in [0.1, 0.15) is 5.82 Å². The van der Waals surface area contributed by atoms with Crippen LogP contribution >= 0.6 is 0 Å². The standard InChI is InChI=1S/C18H19FN2O3S/c1-20-25(23,24)17-10-4-14(5-11-17)18(22)21(16-8-9-16)12-13-2-6-15(19)7-3-13/h2-7,10-11,16,20H,8-9,12H2,1H3. The number of carbonyl (C=O) groups excluding carboxylic acids is 1. The minimum absolute atomic E-state index is 0.114. The molecule has 5 nitrogen and oxygen atoms in total. The smallest absolute Gasteiger partial charge is 0.254 e. The van der Waals surface area contributed by atoms with Gasteiger partial charge in [-0.05, 0) is 61.9 Å². The van der Waals surface area contributed by atoms with Crippen LogP contribution in [0.15, 0.2) is 53.4 Å². The number of sulfonamides is 1. The summed E-state index contributed by atoms with van der Waals surface area (Å²) in [6.45, 7) is 0.403. The third kappa shape index (κ3) is 4.05. The van der Waals surface area contributed by atoms with Gasteiger partial charge in [0, 0.05) is 18.2 Å². The Balaban J connectivity index is 1.80. The van der Waals surface area contributed by atoms with Gasteiger partial charge in [-0.2, -0.15) is 0 Å². The third-order valence-electron chi connectivity index (χ3n) is 4.19. The van der Waals surface area contributed by atoms with E-state index in [9.17, 15) is 17.6 Å². The number of hydrogen-bond acceptors (Lipinski definition) is 3. The molecule has 2 aromatic rings. The fraction of sp³-hybridized carbons (Fsp3) is 0.278. The lowest BCUT2D eigenvalue weighted by molar-refractivity contribution is 0.0730. The van der Waals surface area contributed by atoms with E-state index < -0.39 is 10.0 Å². The maximum atomic E-state index is 13.0. The number of halogens is 1. The normalized spacial score (nSPS) is 14.3. The van der Waals surface area contributed by atoms with Crippen LogP contribution in [-0.4, -0.2) is 32.3 Å². The second-order valence-electron chi connectivity index (χ2n) is 6.02. The van der Waals surface area contributed by atoms with Gasteiger partial charge in [-0.1, -0.05) is 12.1 Å². The van der Waals surface area contributed by atoms with Crippen LogP contribution < -0.4 is 4.72 Å². The molecule has 0 heterocycles. The zero-order valence-corrected chi connectivity index (χ0v) is 14.6. The van der Waals surface area contributed by atoms with Gasteiger partial charge >= 0.3 is 0 Å². The number of rotatable bonds is 6. The summed E-state index contributed by atoms with van der Waals surface area (Å²) in [5.41, 5.74) is 1.29. The van der Waals surface area contributed by atoms with E-state index in [1.807, 2.05) is 0 Å². The van der Waals surface area contributed by atoms with Crippen molar-refractivity contribution in [1.29, 1.82) is 0 Å². The number of benzene rings is 2. The van der Waals surface area contributed by atoms with Crippen molar-refractivity contribution in [3.63, 3.8) is 0 Å². The number of carbonyl (C=O) groups is 1. The highest BCUT2D eigenvalue weighted by Crippen LogP contribution is 2.30. The maximum Gasteiger partial charge on any atom is 0.254 e. The first-order chi connectivity index (χ1) is 11.9. The molecule has 132 valence electrons. The zero-order chi connectivity index (χ0) is 18.0. The number of nitrogens with zero attached hydrogens (tertiary/aromatic N) is 1. The highest BCUT2D eigenvalue weighted by molar-refractivity contribution is 7.89. The van der Waals surface area contributed by atoms with Crippen LogP contribution in [-0.2, 0) is 16.6 Å². The van der Waals surface area contributed by atoms with Crippen molar-refractivity contribution in [2.45, 2.75) is 30.3 Å². The lowest BCUT2D eigenvalue weighted by Crippen LogP contribution is -2.32. The Hall–Kier alpha value is -2.25. The summed E-state index contributed by atoms with van der Waals surface area (Å²) in [5, 5.41) is 0. The van der Waals surface area contributed by atoms with Gasteiger partial charge in [0.05, 0.1) is 4.90 Å². The van der Waals surface area contributed by atoms with Crippen LogP contribution in [0.4, 0.5) is 4.39 Å². The molecule has 0 spiro atoms. The van der Waals surface area contributed by atoms with Gasteiger partial charge in [-0.3, -0.25) is 4.79 Å². The minimum Gasteiger partial charge on any atom is -0.331 e. The molecule has 25 heavy (non-hydrogen) atoms. The SMILES string of the molecule is CNS(=O)(=O)c1ccc(C(=O)N(Cc2ccc(F)cc2)C2CC2)cc1. The second-order valence-corrected chi connectivity index (χ2v) is 7.91. The summed E-state index contributed by atoms with van der Waals surface area (Å²) in [7, 11) is -2.19. The summed E-state index contributed by atoms with van der Waals surface area (Å²) >= 11 is 0. The fourth-order valence-corrected chi connectivity index (χ4v) is 3.33. The topological polar surface area (TPSA) is 66.5 Å². The van der Waals surface area contributed by atoms with Crippen LogP contribution in [0.2, 0.25) is 0 Å². The molecule has 0 bridgehead atoms. The van der Waals surface area contributed by atoms with Crippen LogP contribution in [0.5, 0.6) is 0 Å². The predicted molar refractivity (Wildman–Crippen MR) is 92.0 cm³/mol. The van der Waals surface area contributed by atoms with Gasteiger partial charge in [0.15, 0.2) is 0 Å². The Morgan fingerprint density at radius 1 is 1.12 bits per heavy atom. The average molecular weight is 362 g/mol. The van der Waals surface area contributed by atoms with Crippen LogP contribution in [0.25, 0.3) is 0 Å². The van der Waals surface area contributed by atoms with Crippen molar-refractivity contribution in [2.75, 3.05) is 7.05 Å². The fourth-order valence-electron chi connectivity index (χ4n) is 2.60. The van der Waals surface area contributed by atoms with Crippen molar-refractivity contribution in [3.05, 3.63) is 65.5 Å². The highest BCUT2D eigenvalue weighted by atomic mass is 32.2. The Morgan fingerprint density at radius 3 is 2.24 bits per heavy atom. The molecule has 0 atom stereocenters. The van der Waals surface area contributed by atoms with E-state index in [0.29, 0.717) is 12.1 Å². The van der Waals surface area contributed by atoms with Gasteiger partial charge in [0.2, 0.25) is 10.0 Å². The van der Waals surface area contributed by atoms with Crippen molar-refractivity contribution >= 4 is 15.9 Å². The summed E-state index contributed by atoms with van der Waals surface area (Å²) in [4.78, 5) is 14.7. The molecule has 0 aliphatic heterocycles. The first-order valence-corrected chi connectivity index (χ1v) is 9.48. The summed E-state index contributed by atoms with van der Waals surface area (Å²) in [6.07, 6.45) is 1.89. The second kappa shape index (κ2) is 6.93. The Morgan fingerprint density at radius 2 is 1.72 bits per heavy atom. The first kappa shape index (κ1) is 17.6. The molecule has 1 N–H and O–H groups in total. The third-order valence-corrected chi connectivity index (χ3v) is 5.63. The van der Waals surface area contributed by atoms with E-state index in [2.05, 4.69) is 4.72 Å². The lowest BCUT2D eigenvalue weighted by Gasteiger charge is -2.23. The lowest BCUT2D eigenvalue weighted by atomic mass is 10.1. The van der Waals surface area contributed by atoms with Gasteiger partial charge in [0.25, 0.3) is 5.91 Å². The van der Waals surface area contributed by atoms with E-state index in [4.69, 9.17) is 0 Å². The van der Waals surface area contributed by atoms with Gasteiger partial charge in [-0.15, -0.1) is 0 Å². The molecular weight excluding hydrogens is 343 g/mol. The molecule has 0 unspecified atom stereocenters. The van der Waals surface area contributed by atoms with Gasteiger partial charge < -0.3 is 4.90 Å². The molecule has 7 heteroatoms. The van der Waals surface area contributed by atoms with Crippen molar-refractivity contribution < 1.29 is 17.6 Å². The monoisotopic (exact) mass is 362 g/mol. The molecular formula is C18H19FN2O3S. The first-order valence-electron chi connectivity index (χ1n) is 8.00. The highest BCUT2D eigenvalue weighted by Gasteiger charge is 2.33. The summed E-state index contributed by atoms with van der Waals surface area (Å²) in [6, 6.07) is 12.1. The van der Waals surface area contributed by atoms with Gasteiger partial charge in [-0.25, -0.2) is 17.5 Å². The van der Waals surface area contributed by atoms with E-state index in [1.165, 1.54) is 43.4 Å². The Labute approximate surface area is 146 Å². The average Bonchev–Trinajstić information content (AvgIpc) is 3.46. The van der Waals surface area contributed by atoms with Crippen molar-refractivity contribution in [1.82, 2.24) is 9.62 Å². The number of hydrogen-bond donors (Lipinski definition) is 1. The molecule has 1 aliphatic carbocycles. The number of nitrogens with one attached hydrogen (secondary N) is 1. The molecule has 0 radical (unpaired) electrons. The molecule has 0 saturated heterocycles. The molecule has 1 amide bonds. The quantitative estimate of drug-likeness (QED) is 0.859. The van der Waals surface area contributed by atoms with E-state index in [0.717, 1.165) is 18.4 Å². The molecule has 2 aromatic carbocycles. The van der Waals surface area contributed by atoms with Crippen molar-refractivity contribution in [2.24, 2.45) is 0 Å². The zero-order valence-electron chi connectivity index (χ0n) is 13.8. The van der Waals surface area contributed by atoms with E-state index in [1.54, 1.807) is 17.0 Å². The minimum atomic E-state index is -3.53. The molecule has 0 aromatic heterocycles. The predicted octanol–water partition coefficient (Wildman–Crippen LogP) is 2.54. The molecule has 3 rings (SSSR count). The molecule has 1 aliphatic rings. The summed E-state index contributed by atoms with van der Waals surface area (Å²) in [5.74, 6) is -0.463. The molecule has 1 saturated carbocycles. The van der Waals surface area contributed by atoms with Crippen molar-refractivity contribution in [3.8, 4) is 0 Å². The Kier molecular flexibility index (Phi) is 4.87. The van der Waals surface area contributed by atoms with Crippen LogP contribution in [0.3, 0.4) is 0 Å². The Bertz CT molecular complexity index is 860. The van der Waals surface area contributed by atoms with Crippen LogP contribution in [0, 0.1) is 5.82 Å². The van der Waals surface area contributed by atoms with Crippen LogP contribution in [0.1, 0.15) is 28.8 Å². The van der Waals surface area contributed by atoms with E-state index in [-0.39, 0.29) is 22.7 Å². The molecule has 1 fully saturated rings. The van der Waals surface area contributed by atoms with E-state index >= 15 is 0 Å². The number of amides is 1. The largest absolute Gasteiger partial charge is 0.331 e. The summed E-state index contributed by atoms with van der Waals surface area (Å²) < 4.78 is 38.8.